The number of carbonyl (C=O) groups excluding carboxylic acids is 1. The van der Waals surface area contributed by atoms with E-state index >= 15 is 0 Å². The van der Waals surface area contributed by atoms with E-state index in [9.17, 15) is 18.4 Å². The number of nitrogens with zero attached hydrogens (tertiary/aromatic N) is 2. The van der Waals surface area contributed by atoms with Crippen LogP contribution in [0.25, 0.3) is 5.69 Å². The minimum Gasteiger partial charge on any atom is -0.497 e. The van der Waals surface area contributed by atoms with Crippen LogP contribution in [0.4, 0.5) is 8.78 Å². The van der Waals surface area contributed by atoms with Crippen LogP contribution in [-0.4, -0.2) is 29.9 Å². The number of benzene rings is 2. The molecule has 0 fully saturated rings. The molecule has 0 atom stereocenters. The number of methoxy groups -OCH3 is 2. The van der Waals surface area contributed by atoms with E-state index in [0.29, 0.717) is 17.5 Å². The average molecular weight is 401 g/mol. The van der Waals surface area contributed by atoms with Crippen molar-refractivity contribution in [1.29, 1.82) is 0 Å². The summed E-state index contributed by atoms with van der Waals surface area (Å²) in [5.74, 6) is -1.58. The maximum atomic E-state index is 13.7. The fraction of sp³-hybridized carbons (Fsp3) is 0.150. The van der Waals surface area contributed by atoms with E-state index in [4.69, 9.17) is 9.47 Å². The minimum atomic E-state index is -0.802. The average Bonchev–Trinajstić information content (AvgIpc) is 2.72. The topological polar surface area (TPSA) is 82.5 Å². The van der Waals surface area contributed by atoms with E-state index in [2.05, 4.69) is 10.4 Å². The Bertz CT molecular complexity index is 1100. The zero-order chi connectivity index (χ0) is 21.0. The highest BCUT2D eigenvalue weighted by Crippen LogP contribution is 2.18. The van der Waals surface area contributed by atoms with Crippen LogP contribution in [0.2, 0.25) is 0 Å². The van der Waals surface area contributed by atoms with E-state index in [1.165, 1.54) is 25.0 Å². The molecule has 0 saturated heterocycles. The molecule has 0 aliphatic carbocycles. The summed E-state index contributed by atoms with van der Waals surface area (Å²) in [5, 5.41) is 6.50. The van der Waals surface area contributed by atoms with E-state index in [-0.39, 0.29) is 18.0 Å². The Morgan fingerprint density at radius 2 is 1.79 bits per heavy atom. The van der Waals surface area contributed by atoms with E-state index < -0.39 is 28.7 Å². The Morgan fingerprint density at radius 3 is 2.41 bits per heavy atom. The molecule has 0 spiro atoms. The fourth-order valence-electron chi connectivity index (χ4n) is 2.58. The van der Waals surface area contributed by atoms with Crippen LogP contribution in [0.1, 0.15) is 16.1 Å². The standard InChI is InChI=1S/C20H17F2N3O4/c1-28-15-7-5-14(6-8-15)25-18(29-2)10-17(26)19(24-25)20(27)23-11-12-3-4-13(21)9-16(12)22/h3-10H,11H2,1-2H3,(H,23,27). The number of hydrogen-bond acceptors (Lipinski definition) is 5. The van der Waals surface area contributed by atoms with E-state index in [1.807, 2.05) is 0 Å². The molecule has 3 aromatic rings. The Balaban J connectivity index is 1.89. The number of hydrogen-bond donors (Lipinski definition) is 1. The van der Waals surface area contributed by atoms with Crippen molar-refractivity contribution in [3.63, 3.8) is 0 Å². The molecule has 0 unspecified atom stereocenters. The zero-order valence-electron chi connectivity index (χ0n) is 15.6. The summed E-state index contributed by atoms with van der Waals surface area (Å²) in [6.07, 6.45) is 0. The highest BCUT2D eigenvalue weighted by Gasteiger charge is 2.17. The van der Waals surface area contributed by atoms with Crippen molar-refractivity contribution in [3.05, 3.63) is 81.6 Å². The lowest BCUT2D eigenvalue weighted by Crippen LogP contribution is -2.31. The maximum absolute atomic E-state index is 13.7. The third-order valence-corrected chi connectivity index (χ3v) is 4.09. The molecule has 0 aliphatic heterocycles. The number of carbonyl (C=O) groups is 1. The summed E-state index contributed by atoms with van der Waals surface area (Å²) in [5.41, 5.74) is -0.460. The Morgan fingerprint density at radius 1 is 1.07 bits per heavy atom. The lowest BCUT2D eigenvalue weighted by atomic mass is 10.2. The number of amides is 1. The monoisotopic (exact) mass is 401 g/mol. The van der Waals surface area contributed by atoms with Gasteiger partial charge in [0.2, 0.25) is 11.3 Å². The SMILES string of the molecule is COc1ccc(-n2nc(C(=O)NCc3ccc(F)cc3F)c(=O)cc2OC)cc1. The second-order valence-electron chi connectivity index (χ2n) is 5.93. The predicted octanol–water partition coefficient (Wildman–Crippen LogP) is 2.46. The molecule has 3 rings (SSSR count). The van der Waals surface area contributed by atoms with Gasteiger partial charge in [-0.1, -0.05) is 6.07 Å². The van der Waals surface area contributed by atoms with Crippen LogP contribution >= 0.6 is 0 Å². The molecule has 7 nitrogen and oxygen atoms in total. The summed E-state index contributed by atoms with van der Waals surface area (Å²) in [6, 6.07) is 10.9. The van der Waals surface area contributed by atoms with Gasteiger partial charge in [0, 0.05) is 18.2 Å². The van der Waals surface area contributed by atoms with Gasteiger partial charge in [0.1, 0.15) is 17.4 Å². The maximum Gasteiger partial charge on any atom is 0.276 e. The number of halogens is 2. The zero-order valence-corrected chi connectivity index (χ0v) is 15.6. The Hall–Kier alpha value is -3.75. The van der Waals surface area contributed by atoms with Crippen molar-refractivity contribution in [2.45, 2.75) is 6.54 Å². The molecular formula is C20H17F2N3O4. The number of nitrogens with one attached hydrogen (secondary N) is 1. The van der Waals surface area contributed by atoms with Gasteiger partial charge in [0.05, 0.1) is 26.0 Å². The van der Waals surface area contributed by atoms with Gasteiger partial charge in [-0.3, -0.25) is 9.59 Å². The highest BCUT2D eigenvalue weighted by molar-refractivity contribution is 5.92. The van der Waals surface area contributed by atoms with Gasteiger partial charge in [-0.2, -0.15) is 5.10 Å². The highest BCUT2D eigenvalue weighted by atomic mass is 19.1. The third-order valence-electron chi connectivity index (χ3n) is 4.09. The molecule has 1 amide bonds. The first-order chi connectivity index (χ1) is 13.9. The molecule has 0 radical (unpaired) electrons. The van der Waals surface area contributed by atoms with Gasteiger partial charge < -0.3 is 14.8 Å². The second kappa shape index (κ2) is 8.51. The second-order valence-corrected chi connectivity index (χ2v) is 5.93. The molecule has 150 valence electrons. The van der Waals surface area contributed by atoms with Crippen LogP contribution in [0.3, 0.4) is 0 Å². The molecule has 1 N–H and O–H groups in total. The quantitative estimate of drug-likeness (QED) is 0.686. The van der Waals surface area contributed by atoms with Crippen LogP contribution in [-0.2, 0) is 6.54 Å². The summed E-state index contributed by atoms with van der Waals surface area (Å²) < 4.78 is 38.3. The molecule has 1 heterocycles. The molecule has 0 saturated carbocycles. The van der Waals surface area contributed by atoms with Gasteiger partial charge in [-0.25, -0.2) is 13.5 Å². The first kappa shape index (κ1) is 20.0. The number of ether oxygens (including phenoxy) is 2. The summed E-state index contributed by atoms with van der Waals surface area (Å²) in [7, 11) is 2.90. The van der Waals surface area contributed by atoms with Gasteiger partial charge >= 0.3 is 0 Å². The van der Waals surface area contributed by atoms with Gasteiger partial charge in [0.25, 0.3) is 5.91 Å². The molecule has 2 aromatic carbocycles. The van der Waals surface area contributed by atoms with Crippen molar-refractivity contribution in [2.75, 3.05) is 14.2 Å². The van der Waals surface area contributed by atoms with Gasteiger partial charge in [0.15, 0.2) is 5.69 Å². The van der Waals surface area contributed by atoms with Crippen molar-refractivity contribution < 1.29 is 23.0 Å². The van der Waals surface area contributed by atoms with Crippen molar-refractivity contribution in [3.8, 4) is 17.3 Å². The molecular weight excluding hydrogens is 384 g/mol. The molecule has 0 bridgehead atoms. The first-order valence-corrected chi connectivity index (χ1v) is 8.48. The van der Waals surface area contributed by atoms with Crippen molar-refractivity contribution in [2.24, 2.45) is 0 Å². The lowest BCUT2D eigenvalue weighted by molar-refractivity contribution is 0.0942. The third kappa shape index (κ3) is 4.40. The summed E-state index contributed by atoms with van der Waals surface area (Å²) in [6.45, 7) is -0.235. The molecule has 0 aliphatic rings. The van der Waals surface area contributed by atoms with Crippen molar-refractivity contribution in [1.82, 2.24) is 15.1 Å². The molecule has 1 aromatic heterocycles. The number of rotatable bonds is 6. The van der Waals surface area contributed by atoms with Crippen LogP contribution in [0, 0.1) is 11.6 Å². The fourth-order valence-corrected chi connectivity index (χ4v) is 2.58. The molecule has 9 heteroatoms. The first-order valence-electron chi connectivity index (χ1n) is 8.48. The Labute approximate surface area is 164 Å². The molecule has 29 heavy (non-hydrogen) atoms. The minimum absolute atomic E-state index is 0.0729. The largest absolute Gasteiger partial charge is 0.497 e. The predicted molar refractivity (Wildman–Crippen MR) is 100 cm³/mol. The van der Waals surface area contributed by atoms with E-state index in [0.717, 1.165) is 12.1 Å². The Kier molecular flexibility index (Phi) is 5.87. The van der Waals surface area contributed by atoms with Gasteiger partial charge in [-0.15, -0.1) is 0 Å². The van der Waals surface area contributed by atoms with Gasteiger partial charge in [-0.05, 0) is 30.3 Å². The summed E-state index contributed by atoms with van der Waals surface area (Å²) in [4.78, 5) is 24.7. The smallest absolute Gasteiger partial charge is 0.276 e. The van der Waals surface area contributed by atoms with Crippen LogP contribution < -0.4 is 20.2 Å². The normalized spacial score (nSPS) is 10.5. The van der Waals surface area contributed by atoms with Crippen LogP contribution in [0.5, 0.6) is 11.6 Å². The lowest BCUT2D eigenvalue weighted by Gasteiger charge is -2.13. The van der Waals surface area contributed by atoms with E-state index in [1.54, 1.807) is 24.3 Å². The van der Waals surface area contributed by atoms with Crippen LogP contribution in [0.15, 0.2) is 53.3 Å². The number of aromatic nitrogens is 2. The summed E-state index contributed by atoms with van der Waals surface area (Å²) >= 11 is 0. The van der Waals surface area contributed by atoms with Crippen molar-refractivity contribution >= 4 is 5.91 Å².